The van der Waals surface area contributed by atoms with Gasteiger partial charge in [-0.15, -0.1) is 0 Å². The second kappa shape index (κ2) is 7.52. The fraction of sp³-hybridized carbons (Fsp3) is 0.0952. The van der Waals surface area contributed by atoms with E-state index in [9.17, 15) is 15.2 Å². The van der Waals surface area contributed by atoms with E-state index in [1.54, 1.807) is 16.5 Å². The number of aromatic carboxylic acids is 1. The van der Waals surface area contributed by atoms with Crippen molar-refractivity contribution in [1.29, 1.82) is 5.26 Å². The zero-order valence-electron chi connectivity index (χ0n) is 15.9. The first-order valence-corrected chi connectivity index (χ1v) is 9.08. The van der Waals surface area contributed by atoms with Crippen LogP contribution in [0.25, 0.3) is 16.9 Å². The number of imidazole rings is 1. The number of anilines is 2. The number of rotatable bonds is 5. The van der Waals surface area contributed by atoms with Gasteiger partial charge in [0.2, 0.25) is 0 Å². The van der Waals surface area contributed by atoms with Gasteiger partial charge in [0, 0.05) is 5.56 Å². The molecule has 0 fully saturated rings. The molecule has 4 rings (SSSR count). The van der Waals surface area contributed by atoms with Crippen LogP contribution in [0.1, 0.15) is 34.7 Å². The quantitative estimate of drug-likeness (QED) is 0.464. The minimum absolute atomic E-state index is 0.0775. The molecule has 1 aromatic carbocycles. The van der Waals surface area contributed by atoms with Gasteiger partial charge in [-0.3, -0.25) is 4.40 Å². The number of nitrogen functional groups attached to an aromatic ring is 1. The lowest BCUT2D eigenvalue weighted by atomic mass is 10.1. The molecule has 4 aromatic rings. The second-order valence-electron chi connectivity index (χ2n) is 6.58. The molecule has 3 heterocycles. The highest BCUT2D eigenvalue weighted by Crippen LogP contribution is 2.32. The van der Waals surface area contributed by atoms with Crippen molar-refractivity contribution in [2.75, 3.05) is 11.1 Å². The molecule has 0 unspecified atom stereocenters. The van der Waals surface area contributed by atoms with E-state index in [2.05, 4.69) is 20.3 Å². The van der Waals surface area contributed by atoms with E-state index >= 15 is 0 Å². The normalized spacial score (nSPS) is 11.7. The number of pyridine rings is 1. The molecule has 148 valence electrons. The van der Waals surface area contributed by atoms with Crippen molar-refractivity contribution in [3.63, 3.8) is 0 Å². The molecule has 3 aromatic heterocycles. The van der Waals surface area contributed by atoms with E-state index in [1.165, 1.54) is 12.4 Å². The summed E-state index contributed by atoms with van der Waals surface area (Å²) in [4.78, 5) is 24.5. The molecule has 0 aliphatic carbocycles. The van der Waals surface area contributed by atoms with E-state index < -0.39 is 12.0 Å². The minimum Gasteiger partial charge on any atom is -0.477 e. The topological polar surface area (TPSA) is 142 Å². The van der Waals surface area contributed by atoms with Gasteiger partial charge in [0.15, 0.2) is 0 Å². The number of nitrogens with zero attached hydrogens (tertiary/aromatic N) is 5. The maximum atomic E-state index is 11.9. The van der Waals surface area contributed by atoms with Crippen LogP contribution in [0, 0.1) is 11.3 Å². The number of hydrogen-bond donors (Lipinski definition) is 3. The van der Waals surface area contributed by atoms with Gasteiger partial charge >= 0.3 is 5.97 Å². The molecular weight excluding hydrogens is 382 g/mol. The molecular formula is C21H17N7O2. The van der Waals surface area contributed by atoms with Crippen LogP contribution in [0.3, 0.4) is 0 Å². The van der Waals surface area contributed by atoms with Gasteiger partial charge in [-0.2, -0.15) is 5.26 Å². The zero-order chi connectivity index (χ0) is 21.3. The second-order valence-corrected chi connectivity index (χ2v) is 6.58. The number of benzene rings is 1. The fourth-order valence-electron chi connectivity index (χ4n) is 3.35. The Bertz CT molecular complexity index is 1290. The SMILES string of the molecule is C[C@H](Nc1ncnc(N)c1C#N)c1nc2cccc(C(=O)O)n2c1-c1ccccc1. The first kappa shape index (κ1) is 18.9. The van der Waals surface area contributed by atoms with Gasteiger partial charge in [-0.25, -0.2) is 19.7 Å². The van der Waals surface area contributed by atoms with Gasteiger partial charge < -0.3 is 16.2 Å². The molecule has 0 saturated carbocycles. The van der Waals surface area contributed by atoms with Crippen LogP contribution in [0.5, 0.6) is 0 Å². The van der Waals surface area contributed by atoms with Crippen LogP contribution in [-0.2, 0) is 0 Å². The van der Waals surface area contributed by atoms with Crippen LogP contribution in [0.4, 0.5) is 11.6 Å². The highest BCUT2D eigenvalue weighted by Gasteiger charge is 2.23. The summed E-state index contributed by atoms with van der Waals surface area (Å²) in [5.41, 5.74) is 8.58. The van der Waals surface area contributed by atoms with E-state index in [0.717, 1.165) is 5.56 Å². The lowest BCUT2D eigenvalue weighted by Crippen LogP contribution is -2.13. The number of carbonyl (C=O) groups is 1. The summed E-state index contributed by atoms with van der Waals surface area (Å²) >= 11 is 0. The summed E-state index contributed by atoms with van der Waals surface area (Å²) in [6.45, 7) is 1.86. The van der Waals surface area contributed by atoms with Crippen LogP contribution >= 0.6 is 0 Å². The number of aromatic nitrogens is 4. The standard InChI is InChI=1S/C21H17N7O2/c1-12(26-20-14(10-22)19(23)24-11-25-20)17-18(13-6-3-2-4-7-13)28-15(21(29)30)8-5-9-16(28)27-17/h2-9,11-12H,1H3,(H,29,30)(H3,23,24,25,26)/t12-/m0/s1. The van der Waals surface area contributed by atoms with E-state index in [1.807, 2.05) is 43.3 Å². The lowest BCUT2D eigenvalue weighted by Gasteiger charge is -2.16. The Morgan fingerprint density at radius 2 is 1.97 bits per heavy atom. The summed E-state index contributed by atoms with van der Waals surface area (Å²) in [6.07, 6.45) is 1.27. The van der Waals surface area contributed by atoms with Crippen LogP contribution in [0.2, 0.25) is 0 Å². The Morgan fingerprint density at radius 1 is 1.20 bits per heavy atom. The smallest absolute Gasteiger partial charge is 0.352 e. The molecule has 0 aliphatic rings. The highest BCUT2D eigenvalue weighted by atomic mass is 16.4. The van der Waals surface area contributed by atoms with Crippen LogP contribution in [0.15, 0.2) is 54.9 Å². The third-order valence-electron chi connectivity index (χ3n) is 4.69. The number of nitrogens with one attached hydrogen (secondary N) is 1. The number of carboxylic acids is 1. The van der Waals surface area contributed by atoms with E-state index in [0.29, 0.717) is 17.0 Å². The first-order valence-electron chi connectivity index (χ1n) is 9.08. The Hall–Kier alpha value is -4.45. The molecule has 9 heteroatoms. The average Bonchev–Trinajstić information content (AvgIpc) is 3.14. The van der Waals surface area contributed by atoms with Crippen LogP contribution in [-0.4, -0.2) is 30.4 Å². The molecule has 1 atom stereocenters. The third-order valence-corrected chi connectivity index (χ3v) is 4.69. The molecule has 0 bridgehead atoms. The fourth-order valence-corrected chi connectivity index (χ4v) is 3.35. The number of nitriles is 1. The summed E-state index contributed by atoms with van der Waals surface area (Å²) in [7, 11) is 0. The van der Waals surface area contributed by atoms with Gasteiger partial charge in [0.1, 0.15) is 40.9 Å². The molecule has 0 spiro atoms. The number of carboxylic acid groups (broad SMARTS) is 1. The van der Waals surface area contributed by atoms with Crippen molar-refractivity contribution in [1.82, 2.24) is 19.4 Å². The predicted molar refractivity (Wildman–Crippen MR) is 111 cm³/mol. The molecule has 0 saturated heterocycles. The summed E-state index contributed by atoms with van der Waals surface area (Å²) in [5.74, 6) is -0.696. The van der Waals surface area contributed by atoms with E-state index in [4.69, 9.17) is 5.73 Å². The number of hydrogen-bond acceptors (Lipinski definition) is 7. The van der Waals surface area contributed by atoms with Crippen molar-refractivity contribution in [3.8, 4) is 17.3 Å². The van der Waals surface area contributed by atoms with Crippen LogP contribution < -0.4 is 11.1 Å². The highest BCUT2D eigenvalue weighted by molar-refractivity contribution is 5.88. The van der Waals surface area contributed by atoms with E-state index in [-0.39, 0.29) is 22.9 Å². The van der Waals surface area contributed by atoms with Crippen molar-refractivity contribution >= 4 is 23.3 Å². The van der Waals surface area contributed by atoms with Crippen molar-refractivity contribution < 1.29 is 9.90 Å². The van der Waals surface area contributed by atoms with Gasteiger partial charge in [0.05, 0.1) is 17.4 Å². The molecule has 4 N–H and O–H groups in total. The van der Waals surface area contributed by atoms with Gasteiger partial charge in [-0.1, -0.05) is 36.4 Å². The number of fused-ring (bicyclic) bond motifs is 1. The first-order chi connectivity index (χ1) is 14.5. The molecule has 30 heavy (non-hydrogen) atoms. The Labute approximate surface area is 171 Å². The van der Waals surface area contributed by atoms with Gasteiger partial charge in [-0.05, 0) is 19.1 Å². The maximum Gasteiger partial charge on any atom is 0.352 e. The van der Waals surface area contributed by atoms with Crippen molar-refractivity contribution in [3.05, 3.63) is 71.8 Å². The zero-order valence-corrected chi connectivity index (χ0v) is 15.9. The lowest BCUT2D eigenvalue weighted by molar-refractivity contribution is 0.0689. The van der Waals surface area contributed by atoms with Crippen molar-refractivity contribution in [2.45, 2.75) is 13.0 Å². The van der Waals surface area contributed by atoms with Gasteiger partial charge in [0.25, 0.3) is 0 Å². The third kappa shape index (κ3) is 3.16. The maximum absolute atomic E-state index is 11.9. The number of nitrogens with two attached hydrogens (primary N) is 1. The summed E-state index contributed by atoms with van der Waals surface area (Å²) in [5, 5.41) is 22.3. The summed E-state index contributed by atoms with van der Waals surface area (Å²) in [6, 6.07) is 15.9. The predicted octanol–water partition coefficient (Wildman–Crippen LogP) is 3.12. The molecule has 9 nitrogen and oxygen atoms in total. The Kier molecular flexibility index (Phi) is 4.74. The Balaban J connectivity index is 1.91. The van der Waals surface area contributed by atoms with Crippen molar-refractivity contribution in [2.24, 2.45) is 0 Å². The average molecular weight is 399 g/mol. The molecule has 0 amide bonds. The molecule has 0 radical (unpaired) electrons. The largest absolute Gasteiger partial charge is 0.477 e. The monoisotopic (exact) mass is 399 g/mol. The minimum atomic E-state index is -1.06. The summed E-state index contributed by atoms with van der Waals surface area (Å²) < 4.78 is 1.62. The molecule has 0 aliphatic heterocycles. The Morgan fingerprint density at radius 3 is 2.67 bits per heavy atom.